The van der Waals surface area contributed by atoms with Gasteiger partial charge in [-0.25, -0.2) is 0 Å². The van der Waals surface area contributed by atoms with Crippen molar-refractivity contribution in [2.24, 2.45) is 5.41 Å². The molecule has 2 aromatic carbocycles. The molecule has 0 N–H and O–H groups in total. The van der Waals surface area contributed by atoms with Crippen molar-refractivity contribution in [3.8, 4) is 0 Å². The van der Waals surface area contributed by atoms with E-state index >= 15 is 0 Å². The zero-order valence-electron chi connectivity index (χ0n) is 16.1. The molecule has 2 aromatic rings. The minimum Gasteiger partial charge on any atom is -0.379 e. The van der Waals surface area contributed by atoms with E-state index in [1.54, 1.807) is 0 Å². The molecule has 2 heterocycles. The van der Waals surface area contributed by atoms with Crippen LogP contribution < -0.4 is 0 Å². The number of amides is 1. The lowest BCUT2D eigenvalue weighted by atomic mass is 9.87. The SMILES string of the molecule is Cc1cccc(CN2CCOCC3(CC(=O)N(Cc4ccccc4)C3)C2)c1. The molecular formula is C23H28N2O2. The number of hydrogen-bond donors (Lipinski definition) is 0. The Morgan fingerprint density at radius 3 is 2.63 bits per heavy atom. The molecular weight excluding hydrogens is 336 g/mol. The topological polar surface area (TPSA) is 32.8 Å². The summed E-state index contributed by atoms with van der Waals surface area (Å²) in [4.78, 5) is 17.2. The van der Waals surface area contributed by atoms with E-state index < -0.39 is 0 Å². The number of benzene rings is 2. The molecule has 1 atom stereocenters. The van der Waals surface area contributed by atoms with Crippen LogP contribution in [0, 0.1) is 12.3 Å². The molecule has 142 valence electrons. The Bertz CT molecular complexity index is 792. The molecule has 2 fully saturated rings. The number of rotatable bonds is 4. The molecule has 1 amide bonds. The van der Waals surface area contributed by atoms with Crippen LogP contribution in [0.5, 0.6) is 0 Å². The third kappa shape index (κ3) is 4.40. The average molecular weight is 364 g/mol. The molecule has 0 saturated carbocycles. The Morgan fingerprint density at radius 2 is 1.81 bits per heavy atom. The van der Waals surface area contributed by atoms with Gasteiger partial charge in [-0.05, 0) is 18.1 Å². The summed E-state index contributed by atoms with van der Waals surface area (Å²) >= 11 is 0. The number of nitrogens with zero attached hydrogens (tertiary/aromatic N) is 2. The van der Waals surface area contributed by atoms with Crippen molar-refractivity contribution in [2.75, 3.05) is 32.8 Å². The van der Waals surface area contributed by atoms with Crippen molar-refractivity contribution in [2.45, 2.75) is 26.4 Å². The first kappa shape index (κ1) is 18.2. The van der Waals surface area contributed by atoms with Gasteiger partial charge < -0.3 is 9.64 Å². The molecule has 0 aromatic heterocycles. The van der Waals surface area contributed by atoms with Gasteiger partial charge in [0.25, 0.3) is 0 Å². The Morgan fingerprint density at radius 1 is 1.00 bits per heavy atom. The predicted octanol–water partition coefficient (Wildman–Crippen LogP) is 3.25. The van der Waals surface area contributed by atoms with Gasteiger partial charge in [-0.1, -0.05) is 60.2 Å². The number of ether oxygens (including phenoxy) is 1. The second kappa shape index (κ2) is 7.83. The van der Waals surface area contributed by atoms with E-state index in [1.807, 2.05) is 23.1 Å². The molecule has 2 aliphatic rings. The van der Waals surface area contributed by atoms with Crippen molar-refractivity contribution in [3.63, 3.8) is 0 Å². The van der Waals surface area contributed by atoms with E-state index in [0.717, 1.165) is 32.8 Å². The zero-order valence-corrected chi connectivity index (χ0v) is 16.1. The first-order valence-corrected chi connectivity index (χ1v) is 9.79. The van der Waals surface area contributed by atoms with Crippen molar-refractivity contribution >= 4 is 5.91 Å². The van der Waals surface area contributed by atoms with Crippen molar-refractivity contribution in [1.82, 2.24) is 9.80 Å². The lowest BCUT2D eigenvalue weighted by Crippen LogP contribution is -2.40. The number of carbonyl (C=O) groups is 1. The first-order chi connectivity index (χ1) is 13.1. The minimum absolute atomic E-state index is 0.0911. The maximum absolute atomic E-state index is 12.7. The summed E-state index contributed by atoms with van der Waals surface area (Å²) in [5, 5.41) is 0. The Hall–Kier alpha value is -2.17. The molecule has 0 bridgehead atoms. The van der Waals surface area contributed by atoms with Crippen LogP contribution in [0.15, 0.2) is 54.6 Å². The maximum Gasteiger partial charge on any atom is 0.223 e. The van der Waals surface area contributed by atoms with Gasteiger partial charge in [-0.2, -0.15) is 0 Å². The fourth-order valence-electron chi connectivity index (χ4n) is 4.42. The number of likely N-dealkylation sites (tertiary alicyclic amines) is 1. The highest BCUT2D eigenvalue weighted by molar-refractivity contribution is 5.79. The van der Waals surface area contributed by atoms with Crippen LogP contribution in [0.1, 0.15) is 23.1 Å². The number of carbonyl (C=O) groups excluding carboxylic acids is 1. The summed E-state index contributed by atoms with van der Waals surface area (Å²) < 4.78 is 5.95. The Labute approximate surface area is 161 Å². The van der Waals surface area contributed by atoms with E-state index in [-0.39, 0.29) is 11.3 Å². The van der Waals surface area contributed by atoms with Gasteiger partial charge >= 0.3 is 0 Å². The fraction of sp³-hybridized carbons (Fsp3) is 0.435. The molecule has 2 saturated heterocycles. The summed E-state index contributed by atoms with van der Waals surface area (Å²) in [6.07, 6.45) is 0.587. The molecule has 4 rings (SSSR count). The van der Waals surface area contributed by atoms with Crippen LogP contribution in [0.3, 0.4) is 0 Å². The Balaban J connectivity index is 1.46. The van der Waals surface area contributed by atoms with Crippen molar-refractivity contribution in [1.29, 1.82) is 0 Å². The molecule has 4 nitrogen and oxygen atoms in total. The monoisotopic (exact) mass is 364 g/mol. The molecule has 4 heteroatoms. The van der Waals surface area contributed by atoms with Crippen LogP contribution in [-0.2, 0) is 22.6 Å². The van der Waals surface area contributed by atoms with Crippen molar-refractivity contribution < 1.29 is 9.53 Å². The van der Waals surface area contributed by atoms with Crippen molar-refractivity contribution in [3.05, 3.63) is 71.3 Å². The third-order valence-electron chi connectivity index (χ3n) is 5.63. The fourth-order valence-corrected chi connectivity index (χ4v) is 4.42. The second-order valence-corrected chi connectivity index (χ2v) is 8.16. The minimum atomic E-state index is -0.0911. The highest BCUT2D eigenvalue weighted by Gasteiger charge is 2.45. The average Bonchev–Trinajstić information content (AvgIpc) is 2.82. The summed E-state index contributed by atoms with van der Waals surface area (Å²) in [5.74, 6) is 0.250. The van der Waals surface area contributed by atoms with Crippen LogP contribution in [-0.4, -0.2) is 48.6 Å². The second-order valence-electron chi connectivity index (χ2n) is 8.16. The van der Waals surface area contributed by atoms with E-state index in [2.05, 4.69) is 48.2 Å². The lowest BCUT2D eigenvalue weighted by molar-refractivity contribution is -0.128. The molecule has 27 heavy (non-hydrogen) atoms. The molecule has 0 radical (unpaired) electrons. The van der Waals surface area contributed by atoms with Crippen LogP contribution in [0.2, 0.25) is 0 Å². The van der Waals surface area contributed by atoms with E-state index in [9.17, 15) is 4.79 Å². The van der Waals surface area contributed by atoms with Gasteiger partial charge in [0.1, 0.15) is 0 Å². The largest absolute Gasteiger partial charge is 0.379 e. The highest BCUT2D eigenvalue weighted by atomic mass is 16.5. The molecule has 1 spiro atoms. The maximum atomic E-state index is 12.7. The number of aryl methyl sites for hydroxylation is 1. The van der Waals surface area contributed by atoms with Gasteiger partial charge in [0.2, 0.25) is 5.91 Å². The van der Waals surface area contributed by atoms with Gasteiger partial charge in [-0.3, -0.25) is 9.69 Å². The molecule has 2 aliphatic heterocycles. The summed E-state index contributed by atoms with van der Waals surface area (Å²) in [5.41, 5.74) is 3.72. The smallest absolute Gasteiger partial charge is 0.223 e. The van der Waals surface area contributed by atoms with Gasteiger partial charge in [0.15, 0.2) is 0 Å². The standard InChI is InChI=1S/C23H28N2O2/c1-19-6-5-9-21(12-19)14-24-10-11-27-18-23(16-24)13-22(26)25(17-23)15-20-7-3-2-4-8-20/h2-9,12H,10-11,13-18H2,1H3. The van der Waals surface area contributed by atoms with Gasteiger partial charge in [-0.15, -0.1) is 0 Å². The predicted molar refractivity (Wildman–Crippen MR) is 106 cm³/mol. The summed E-state index contributed by atoms with van der Waals surface area (Å²) in [6, 6.07) is 18.9. The summed E-state index contributed by atoms with van der Waals surface area (Å²) in [6.45, 7) is 7.77. The van der Waals surface area contributed by atoms with Crippen LogP contribution in [0.4, 0.5) is 0 Å². The summed E-state index contributed by atoms with van der Waals surface area (Å²) in [7, 11) is 0. The van der Waals surface area contributed by atoms with Crippen LogP contribution >= 0.6 is 0 Å². The molecule has 1 unspecified atom stereocenters. The van der Waals surface area contributed by atoms with E-state index in [0.29, 0.717) is 19.6 Å². The quantitative estimate of drug-likeness (QED) is 0.835. The first-order valence-electron chi connectivity index (χ1n) is 9.79. The number of hydrogen-bond acceptors (Lipinski definition) is 3. The van der Waals surface area contributed by atoms with Gasteiger partial charge in [0.05, 0.1) is 13.2 Å². The third-order valence-corrected chi connectivity index (χ3v) is 5.63. The normalized spacial score (nSPS) is 23.7. The lowest BCUT2D eigenvalue weighted by Gasteiger charge is -2.31. The highest BCUT2D eigenvalue weighted by Crippen LogP contribution is 2.35. The van der Waals surface area contributed by atoms with E-state index in [1.165, 1.54) is 16.7 Å². The zero-order chi connectivity index (χ0) is 18.7. The van der Waals surface area contributed by atoms with E-state index in [4.69, 9.17) is 4.74 Å². The molecule has 0 aliphatic carbocycles. The van der Waals surface area contributed by atoms with Gasteiger partial charge in [0, 0.05) is 44.6 Å². The van der Waals surface area contributed by atoms with Crippen LogP contribution in [0.25, 0.3) is 0 Å². The Kier molecular flexibility index (Phi) is 5.28.